The molecule has 0 amide bonds. The van der Waals surface area contributed by atoms with E-state index in [9.17, 15) is 8.42 Å². The van der Waals surface area contributed by atoms with Crippen molar-refractivity contribution in [3.05, 3.63) is 53.5 Å². The highest BCUT2D eigenvalue weighted by Crippen LogP contribution is 2.21. The molecule has 2 heterocycles. The molecule has 0 N–H and O–H groups in total. The van der Waals surface area contributed by atoms with Crippen molar-refractivity contribution in [2.75, 3.05) is 13.1 Å². The molecule has 0 bridgehead atoms. The van der Waals surface area contributed by atoms with Gasteiger partial charge in [-0.1, -0.05) is 29.8 Å². The van der Waals surface area contributed by atoms with Gasteiger partial charge in [0.05, 0.1) is 12.3 Å². The van der Waals surface area contributed by atoms with E-state index in [0.29, 0.717) is 24.8 Å². The third-order valence-electron chi connectivity index (χ3n) is 4.20. The average molecular weight is 361 g/mol. The largest absolute Gasteiger partial charge is 0.473 e. The lowest BCUT2D eigenvalue weighted by Crippen LogP contribution is -2.44. The molecular weight excluding hydrogens is 338 g/mol. The van der Waals surface area contributed by atoms with Gasteiger partial charge < -0.3 is 4.74 Å². The second-order valence-corrected chi connectivity index (χ2v) is 8.40. The summed E-state index contributed by atoms with van der Waals surface area (Å²) < 4.78 is 32.9. The Labute approximate surface area is 148 Å². The van der Waals surface area contributed by atoms with Crippen molar-refractivity contribution in [2.24, 2.45) is 0 Å². The Kier molecular flexibility index (Phi) is 5.34. The monoisotopic (exact) mass is 361 g/mol. The third-order valence-corrected chi connectivity index (χ3v) is 6.02. The Morgan fingerprint density at radius 2 is 2.12 bits per heavy atom. The molecule has 0 saturated carbocycles. The SMILES string of the molecule is Cc1cccc(CS(=O)(=O)N2CCCC(Oc3ccnc(C)n3)C2)c1. The number of aryl methyl sites for hydroxylation is 2. The van der Waals surface area contributed by atoms with Gasteiger partial charge in [-0.25, -0.2) is 13.4 Å². The van der Waals surface area contributed by atoms with Crippen LogP contribution < -0.4 is 4.74 Å². The normalized spacial score (nSPS) is 18.9. The van der Waals surface area contributed by atoms with E-state index in [-0.39, 0.29) is 11.9 Å². The summed E-state index contributed by atoms with van der Waals surface area (Å²) in [5.41, 5.74) is 1.88. The van der Waals surface area contributed by atoms with Crippen molar-refractivity contribution >= 4 is 10.0 Å². The number of aromatic nitrogens is 2. The fourth-order valence-electron chi connectivity index (χ4n) is 3.03. The van der Waals surface area contributed by atoms with E-state index < -0.39 is 10.0 Å². The first-order valence-corrected chi connectivity index (χ1v) is 10.0. The Morgan fingerprint density at radius 1 is 1.28 bits per heavy atom. The maximum absolute atomic E-state index is 12.8. The minimum absolute atomic E-state index is 0.0218. The number of piperidine rings is 1. The fraction of sp³-hybridized carbons (Fsp3) is 0.444. The molecule has 3 rings (SSSR count). The van der Waals surface area contributed by atoms with Crippen LogP contribution in [0.25, 0.3) is 0 Å². The van der Waals surface area contributed by atoms with E-state index in [1.807, 2.05) is 31.2 Å². The van der Waals surface area contributed by atoms with E-state index in [2.05, 4.69) is 9.97 Å². The maximum atomic E-state index is 12.8. The summed E-state index contributed by atoms with van der Waals surface area (Å²) in [5.74, 6) is 1.15. The molecule has 1 aromatic heterocycles. The summed E-state index contributed by atoms with van der Waals surface area (Å²) in [6.45, 7) is 4.66. The van der Waals surface area contributed by atoms with E-state index in [4.69, 9.17) is 4.74 Å². The number of benzene rings is 1. The highest BCUT2D eigenvalue weighted by atomic mass is 32.2. The van der Waals surface area contributed by atoms with Gasteiger partial charge in [0.15, 0.2) is 0 Å². The van der Waals surface area contributed by atoms with Crippen LogP contribution in [0.2, 0.25) is 0 Å². The molecule has 134 valence electrons. The van der Waals surface area contributed by atoms with Gasteiger partial charge in [0.1, 0.15) is 11.9 Å². The topological polar surface area (TPSA) is 72.4 Å². The highest BCUT2D eigenvalue weighted by molar-refractivity contribution is 7.88. The summed E-state index contributed by atoms with van der Waals surface area (Å²) in [7, 11) is -3.37. The molecule has 1 aromatic carbocycles. The van der Waals surface area contributed by atoms with E-state index >= 15 is 0 Å². The summed E-state index contributed by atoms with van der Waals surface area (Å²) in [4.78, 5) is 8.27. The zero-order valence-electron chi connectivity index (χ0n) is 14.6. The standard InChI is InChI=1S/C18H23N3O3S/c1-14-5-3-6-16(11-14)13-25(22,23)21-10-4-7-17(12-21)24-18-8-9-19-15(2)20-18/h3,5-6,8-9,11,17H,4,7,10,12-13H2,1-2H3. The molecular formula is C18H23N3O3S. The zero-order valence-corrected chi connectivity index (χ0v) is 15.4. The van der Waals surface area contributed by atoms with Crippen molar-refractivity contribution in [3.8, 4) is 5.88 Å². The van der Waals surface area contributed by atoms with Gasteiger partial charge in [-0.15, -0.1) is 0 Å². The molecule has 7 heteroatoms. The second kappa shape index (κ2) is 7.49. The lowest BCUT2D eigenvalue weighted by atomic mass is 10.1. The van der Waals surface area contributed by atoms with E-state index in [1.165, 1.54) is 4.31 Å². The Morgan fingerprint density at radius 3 is 2.88 bits per heavy atom. The summed E-state index contributed by atoms with van der Waals surface area (Å²) in [6, 6.07) is 9.32. The number of sulfonamides is 1. The Hall–Kier alpha value is -1.99. The molecule has 1 fully saturated rings. The highest BCUT2D eigenvalue weighted by Gasteiger charge is 2.30. The van der Waals surface area contributed by atoms with Crippen LogP contribution in [-0.2, 0) is 15.8 Å². The number of rotatable bonds is 5. The molecule has 1 atom stereocenters. The minimum atomic E-state index is -3.37. The molecule has 2 aromatic rings. The number of nitrogens with zero attached hydrogens (tertiary/aromatic N) is 3. The molecule has 0 spiro atoms. The van der Waals surface area contributed by atoms with Gasteiger partial charge >= 0.3 is 0 Å². The van der Waals surface area contributed by atoms with Gasteiger partial charge in [0.25, 0.3) is 0 Å². The predicted octanol–water partition coefficient (Wildman–Crippen LogP) is 2.47. The number of hydrogen-bond acceptors (Lipinski definition) is 5. The van der Waals surface area contributed by atoms with Crippen LogP contribution in [0.15, 0.2) is 36.5 Å². The van der Waals surface area contributed by atoms with Crippen LogP contribution in [0.5, 0.6) is 5.88 Å². The molecule has 1 aliphatic rings. The first kappa shape index (κ1) is 17.8. The van der Waals surface area contributed by atoms with E-state index in [1.54, 1.807) is 19.2 Å². The number of hydrogen-bond donors (Lipinski definition) is 0. The summed E-state index contributed by atoms with van der Waals surface area (Å²) in [6.07, 6.45) is 3.06. The van der Waals surface area contributed by atoms with Crippen LogP contribution in [0.4, 0.5) is 0 Å². The molecule has 1 unspecified atom stereocenters. The van der Waals surface area contributed by atoms with Crippen LogP contribution in [0.3, 0.4) is 0 Å². The molecule has 1 saturated heterocycles. The molecule has 0 radical (unpaired) electrons. The smallest absolute Gasteiger partial charge is 0.218 e. The van der Waals surface area contributed by atoms with Crippen LogP contribution >= 0.6 is 0 Å². The van der Waals surface area contributed by atoms with E-state index in [0.717, 1.165) is 24.0 Å². The molecule has 1 aliphatic heterocycles. The minimum Gasteiger partial charge on any atom is -0.473 e. The van der Waals surface area contributed by atoms with Gasteiger partial charge in [-0.2, -0.15) is 9.29 Å². The molecule has 6 nitrogen and oxygen atoms in total. The Bertz CT molecular complexity index is 839. The summed E-state index contributed by atoms with van der Waals surface area (Å²) in [5, 5.41) is 0. The zero-order chi connectivity index (χ0) is 17.9. The predicted molar refractivity (Wildman–Crippen MR) is 95.8 cm³/mol. The van der Waals surface area contributed by atoms with Crippen LogP contribution in [0, 0.1) is 13.8 Å². The van der Waals surface area contributed by atoms with Gasteiger partial charge in [0, 0.05) is 18.8 Å². The summed E-state index contributed by atoms with van der Waals surface area (Å²) >= 11 is 0. The maximum Gasteiger partial charge on any atom is 0.218 e. The lowest BCUT2D eigenvalue weighted by molar-refractivity contribution is 0.124. The van der Waals surface area contributed by atoms with Crippen molar-refractivity contribution in [1.82, 2.24) is 14.3 Å². The van der Waals surface area contributed by atoms with Gasteiger partial charge in [-0.05, 0) is 32.3 Å². The van der Waals surface area contributed by atoms with Crippen molar-refractivity contribution in [2.45, 2.75) is 38.5 Å². The average Bonchev–Trinajstić information content (AvgIpc) is 2.55. The molecule has 25 heavy (non-hydrogen) atoms. The van der Waals surface area contributed by atoms with Crippen molar-refractivity contribution in [3.63, 3.8) is 0 Å². The van der Waals surface area contributed by atoms with Gasteiger partial charge in [0.2, 0.25) is 15.9 Å². The van der Waals surface area contributed by atoms with Crippen LogP contribution in [-0.4, -0.2) is 41.9 Å². The van der Waals surface area contributed by atoms with Gasteiger partial charge in [-0.3, -0.25) is 0 Å². The van der Waals surface area contributed by atoms with Crippen molar-refractivity contribution in [1.29, 1.82) is 0 Å². The second-order valence-electron chi connectivity index (χ2n) is 6.43. The molecule has 0 aliphatic carbocycles. The first-order chi connectivity index (χ1) is 11.9. The van der Waals surface area contributed by atoms with Crippen molar-refractivity contribution < 1.29 is 13.2 Å². The number of ether oxygens (including phenoxy) is 1. The third kappa shape index (κ3) is 4.76. The fourth-order valence-corrected chi connectivity index (χ4v) is 4.61. The first-order valence-electron chi connectivity index (χ1n) is 8.42. The lowest BCUT2D eigenvalue weighted by Gasteiger charge is -2.31. The van der Waals surface area contributed by atoms with Crippen LogP contribution in [0.1, 0.15) is 29.8 Å². The quantitative estimate of drug-likeness (QED) is 0.818. The Balaban J connectivity index is 1.67.